The lowest BCUT2D eigenvalue weighted by Crippen LogP contribution is -2.56. The average Bonchev–Trinajstić information content (AvgIpc) is 2.57. The highest BCUT2D eigenvalue weighted by molar-refractivity contribution is 7.91. The lowest BCUT2D eigenvalue weighted by atomic mass is 9.77. The Labute approximate surface area is 142 Å². The molecular weight excluding hydrogens is 330 g/mol. The maximum absolute atomic E-state index is 12.5. The van der Waals surface area contributed by atoms with E-state index < -0.39 is 27.3 Å². The summed E-state index contributed by atoms with van der Waals surface area (Å²) in [4.78, 5) is 24.3. The van der Waals surface area contributed by atoms with Gasteiger partial charge in [0.05, 0.1) is 10.6 Å². The number of amides is 1. The highest BCUT2D eigenvalue weighted by atomic mass is 32.2. The van der Waals surface area contributed by atoms with Crippen LogP contribution >= 0.6 is 0 Å². The molecule has 0 atom stereocenters. The van der Waals surface area contributed by atoms with Crippen molar-refractivity contribution in [2.24, 2.45) is 5.92 Å². The standard InChI is InChI=1S/C17H23NO5S/c1-3-24(22,23)14-6-4-5-13(11-14)15(19)18-17(16(20)21)9-7-12(2)8-10-17/h4-6,11-12H,3,7-10H2,1-2H3,(H,18,19)(H,20,21). The van der Waals surface area contributed by atoms with Gasteiger partial charge in [0.2, 0.25) is 0 Å². The molecule has 0 heterocycles. The van der Waals surface area contributed by atoms with Gasteiger partial charge in [0, 0.05) is 5.56 Å². The third kappa shape index (κ3) is 3.77. The molecule has 1 aliphatic carbocycles. The van der Waals surface area contributed by atoms with Crippen LogP contribution in [0.3, 0.4) is 0 Å². The first-order valence-electron chi connectivity index (χ1n) is 8.09. The number of sulfone groups is 1. The van der Waals surface area contributed by atoms with Crippen LogP contribution in [0.4, 0.5) is 0 Å². The van der Waals surface area contributed by atoms with Crippen LogP contribution < -0.4 is 5.32 Å². The van der Waals surface area contributed by atoms with Gasteiger partial charge in [-0.3, -0.25) is 4.79 Å². The zero-order chi connectivity index (χ0) is 18.0. The molecule has 7 heteroatoms. The van der Waals surface area contributed by atoms with Crippen molar-refractivity contribution < 1.29 is 23.1 Å². The molecule has 0 aliphatic heterocycles. The van der Waals surface area contributed by atoms with Crippen molar-refractivity contribution in [2.75, 3.05) is 5.75 Å². The first-order valence-corrected chi connectivity index (χ1v) is 9.74. The molecule has 132 valence electrons. The van der Waals surface area contributed by atoms with Crippen molar-refractivity contribution >= 4 is 21.7 Å². The predicted octanol–water partition coefficient (Wildman–Crippen LogP) is 2.24. The number of benzene rings is 1. The summed E-state index contributed by atoms with van der Waals surface area (Å²) in [7, 11) is -3.42. The molecule has 1 aliphatic rings. The van der Waals surface area contributed by atoms with Crippen molar-refractivity contribution in [2.45, 2.75) is 50.0 Å². The quantitative estimate of drug-likeness (QED) is 0.845. The monoisotopic (exact) mass is 353 g/mol. The molecule has 1 amide bonds. The van der Waals surface area contributed by atoms with Gasteiger partial charge in [-0.25, -0.2) is 13.2 Å². The molecule has 1 fully saturated rings. The second-order valence-corrected chi connectivity index (χ2v) is 8.73. The second-order valence-electron chi connectivity index (χ2n) is 6.46. The van der Waals surface area contributed by atoms with E-state index in [1.54, 1.807) is 0 Å². The Bertz CT molecular complexity index is 733. The molecule has 2 rings (SSSR count). The Kier molecular flexibility index (Phi) is 5.32. The van der Waals surface area contributed by atoms with Gasteiger partial charge in [-0.2, -0.15) is 0 Å². The van der Waals surface area contributed by atoms with Gasteiger partial charge in [0.1, 0.15) is 5.54 Å². The Morgan fingerprint density at radius 1 is 1.29 bits per heavy atom. The molecule has 1 aromatic carbocycles. The molecule has 0 radical (unpaired) electrons. The molecule has 0 bridgehead atoms. The Hall–Kier alpha value is -1.89. The van der Waals surface area contributed by atoms with Crippen molar-refractivity contribution in [3.63, 3.8) is 0 Å². The predicted molar refractivity (Wildman–Crippen MR) is 89.6 cm³/mol. The third-order valence-corrected chi connectivity index (χ3v) is 6.46. The van der Waals surface area contributed by atoms with Crippen molar-refractivity contribution in [1.82, 2.24) is 5.32 Å². The summed E-state index contributed by atoms with van der Waals surface area (Å²) in [5.41, 5.74) is -1.12. The summed E-state index contributed by atoms with van der Waals surface area (Å²) >= 11 is 0. The minimum absolute atomic E-state index is 0.0605. The van der Waals surface area contributed by atoms with Crippen LogP contribution in [0.2, 0.25) is 0 Å². The van der Waals surface area contributed by atoms with Crippen LogP contribution in [-0.4, -0.2) is 36.7 Å². The maximum atomic E-state index is 12.5. The molecule has 0 unspecified atom stereocenters. The summed E-state index contributed by atoms with van der Waals surface area (Å²) in [6.07, 6.45) is 2.22. The van der Waals surface area contributed by atoms with Crippen molar-refractivity contribution in [1.29, 1.82) is 0 Å². The lowest BCUT2D eigenvalue weighted by Gasteiger charge is -2.36. The minimum atomic E-state index is -3.42. The molecule has 1 saturated carbocycles. The number of carboxylic acid groups (broad SMARTS) is 1. The zero-order valence-electron chi connectivity index (χ0n) is 13.9. The number of aliphatic carboxylic acids is 1. The van der Waals surface area contributed by atoms with Crippen LogP contribution in [0.1, 0.15) is 49.9 Å². The van der Waals surface area contributed by atoms with Crippen LogP contribution in [-0.2, 0) is 14.6 Å². The normalized spacial score (nSPS) is 24.3. The van der Waals surface area contributed by atoms with Crippen LogP contribution in [0.5, 0.6) is 0 Å². The first-order chi connectivity index (χ1) is 11.2. The molecule has 6 nitrogen and oxygen atoms in total. The van der Waals surface area contributed by atoms with E-state index in [-0.39, 0.29) is 16.2 Å². The number of carbonyl (C=O) groups is 2. The molecule has 0 spiro atoms. The van der Waals surface area contributed by atoms with Gasteiger partial charge in [0.25, 0.3) is 5.91 Å². The summed E-state index contributed by atoms with van der Waals surface area (Å²) in [6.45, 7) is 3.59. The van der Waals surface area contributed by atoms with Gasteiger partial charge in [0.15, 0.2) is 9.84 Å². The van der Waals surface area contributed by atoms with E-state index in [0.29, 0.717) is 18.8 Å². The first kappa shape index (κ1) is 18.4. The number of carbonyl (C=O) groups excluding carboxylic acids is 1. The van der Waals surface area contributed by atoms with Gasteiger partial charge in [-0.05, 0) is 49.8 Å². The van der Waals surface area contributed by atoms with E-state index in [1.807, 2.05) is 0 Å². The fourth-order valence-electron chi connectivity index (χ4n) is 2.93. The van der Waals surface area contributed by atoms with Crippen LogP contribution in [0.15, 0.2) is 29.2 Å². The summed E-state index contributed by atoms with van der Waals surface area (Å²) < 4.78 is 23.9. The third-order valence-electron chi connectivity index (χ3n) is 4.73. The highest BCUT2D eigenvalue weighted by Crippen LogP contribution is 2.32. The summed E-state index contributed by atoms with van der Waals surface area (Å²) in [5.74, 6) is -1.22. The molecule has 1 aromatic rings. The van der Waals surface area contributed by atoms with E-state index in [4.69, 9.17) is 0 Å². The highest BCUT2D eigenvalue weighted by Gasteiger charge is 2.42. The van der Waals surface area contributed by atoms with E-state index in [2.05, 4.69) is 12.2 Å². The van der Waals surface area contributed by atoms with Gasteiger partial charge < -0.3 is 10.4 Å². The number of hydrogen-bond donors (Lipinski definition) is 2. The Morgan fingerprint density at radius 2 is 1.92 bits per heavy atom. The maximum Gasteiger partial charge on any atom is 0.329 e. The van der Waals surface area contributed by atoms with Crippen molar-refractivity contribution in [3.8, 4) is 0 Å². The average molecular weight is 353 g/mol. The number of rotatable bonds is 5. The molecule has 2 N–H and O–H groups in total. The summed E-state index contributed by atoms with van der Waals surface area (Å²) in [6, 6.07) is 5.72. The van der Waals surface area contributed by atoms with Gasteiger partial charge >= 0.3 is 5.97 Å². The zero-order valence-corrected chi connectivity index (χ0v) is 14.7. The number of hydrogen-bond acceptors (Lipinski definition) is 4. The Balaban J connectivity index is 2.25. The fraction of sp³-hybridized carbons (Fsp3) is 0.529. The van der Waals surface area contributed by atoms with E-state index >= 15 is 0 Å². The summed E-state index contributed by atoms with van der Waals surface area (Å²) in [5, 5.41) is 12.2. The largest absolute Gasteiger partial charge is 0.480 e. The van der Waals surface area contributed by atoms with Crippen LogP contribution in [0.25, 0.3) is 0 Å². The topological polar surface area (TPSA) is 101 Å². The van der Waals surface area contributed by atoms with Crippen LogP contribution in [0, 0.1) is 5.92 Å². The molecule has 24 heavy (non-hydrogen) atoms. The molecule has 0 aromatic heterocycles. The van der Waals surface area contributed by atoms with E-state index in [9.17, 15) is 23.1 Å². The smallest absolute Gasteiger partial charge is 0.329 e. The lowest BCUT2D eigenvalue weighted by molar-refractivity contribution is -0.146. The SMILES string of the molecule is CCS(=O)(=O)c1cccc(C(=O)NC2(C(=O)O)CCC(C)CC2)c1. The van der Waals surface area contributed by atoms with E-state index in [1.165, 1.54) is 31.2 Å². The number of nitrogens with one attached hydrogen (secondary N) is 1. The number of carboxylic acids is 1. The second kappa shape index (κ2) is 6.93. The minimum Gasteiger partial charge on any atom is -0.480 e. The van der Waals surface area contributed by atoms with Crippen molar-refractivity contribution in [3.05, 3.63) is 29.8 Å². The fourth-order valence-corrected chi connectivity index (χ4v) is 3.86. The molecule has 0 saturated heterocycles. The Morgan fingerprint density at radius 3 is 2.46 bits per heavy atom. The van der Waals surface area contributed by atoms with Gasteiger partial charge in [-0.15, -0.1) is 0 Å². The molecular formula is C17H23NO5S. The van der Waals surface area contributed by atoms with Gasteiger partial charge in [-0.1, -0.05) is 19.9 Å². The van der Waals surface area contributed by atoms with E-state index in [0.717, 1.165) is 12.8 Å².